The summed E-state index contributed by atoms with van der Waals surface area (Å²) in [7, 11) is 0. The minimum absolute atomic E-state index is 0.101. The van der Waals surface area contributed by atoms with Crippen molar-refractivity contribution in [1.29, 1.82) is 0 Å². The van der Waals surface area contributed by atoms with Gasteiger partial charge in [-0.1, -0.05) is 19.9 Å². The van der Waals surface area contributed by atoms with Crippen molar-refractivity contribution in [2.75, 3.05) is 38.2 Å². The van der Waals surface area contributed by atoms with Crippen LogP contribution in [0.3, 0.4) is 0 Å². The van der Waals surface area contributed by atoms with Gasteiger partial charge in [-0.25, -0.2) is 4.98 Å². The lowest BCUT2D eigenvalue weighted by atomic mass is 10.0. The van der Waals surface area contributed by atoms with Gasteiger partial charge in [0.15, 0.2) is 0 Å². The van der Waals surface area contributed by atoms with Crippen LogP contribution < -0.4 is 10.6 Å². The third kappa shape index (κ3) is 7.48. The van der Waals surface area contributed by atoms with Crippen LogP contribution in [0.5, 0.6) is 0 Å². The summed E-state index contributed by atoms with van der Waals surface area (Å²) < 4.78 is 7.32. The molecule has 8 heteroatoms. The Morgan fingerprint density at radius 3 is 2.74 bits per heavy atom. The van der Waals surface area contributed by atoms with Crippen molar-refractivity contribution in [2.24, 2.45) is 5.92 Å². The Morgan fingerprint density at radius 1 is 1.23 bits per heavy atom. The number of carbonyl (C=O) groups is 2. The lowest BCUT2D eigenvalue weighted by Crippen LogP contribution is -2.49. The molecule has 0 saturated carbocycles. The van der Waals surface area contributed by atoms with Crippen molar-refractivity contribution in [3.8, 4) is 0 Å². The van der Waals surface area contributed by atoms with E-state index in [2.05, 4.69) is 34.4 Å². The number of hydrogen-bond acceptors (Lipinski definition) is 5. The van der Waals surface area contributed by atoms with Crippen molar-refractivity contribution >= 4 is 17.5 Å². The number of aromatic nitrogens is 2. The molecule has 1 aliphatic rings. The van der Waals surface area contributed by atoms with Gasteiger partial charge in [0.25, 0.3) is 5.91 Å². The summed E-state index contributed by atoms with van der Waals surface area (Å²) in [4.78, 5) is 31.4. The van der Waals surface area contributed by atoms with E-state index in [0.717, 1.165) is 32.7 Å². The molecule has 1 aromatic carbocycles. The Hall–Kier alpha value is -2.71. The van der Waals surface area contributed by atoms with E-state index in [1.807, 2.05) is 10.8 Å². The number of anilines is 1. The minimum atomic E-state index is -0.128. The number of morpholine rings is 1. The van der Waals surface area contributed by atoms with Gasteiger partial charge < -0.3 is 19.9 Å². The molecule has 2 N–H and O–H groups in total. The van der Waals surface area contributed by atoms with Gasteiger partial charge in [-0.3, -0.25) is 14.5 Å². The van der Waals surface area contributed by atoms with Crippen LogP contribution in [0.4, 0.5) is 5.69 Å². The van der Waals surface area contributed by atoms with Crippen molar-refractivity contribution in [3.05, 3.63) is 48.5 Å². The predicted octanol–water partition coefficient (Wildman–Crippen LogP) is 2.39. The highest BCUT2D eigenvalue weighted by atomic mass is 16.5. The van der Waals surface area contributed by atoms with Crippen molar-refractivity contribution in [3.63, 3.8) is 0 Å². The van der Waals surface area contributed by atoms with Crippen LogP contribution in [-0.4, -0.2) is 65.2 Å². The summed E-state index contributed by atoms with van der Waals surface area (Å²) in [5.41, 5.74) is 1.16. The van der Waals surface area contributed by atoms with Crippen LogP contribution >= 0.6 is 0 Å². The molecule has 2 aromatic rings. The van der Waals surface area contributed by atoms with Crippen LogP contribution in [0, 0.1) is 5.92 Å². The number of hydrogen-bond donors (Lipinski definition) is 2. The van der Waals surface area contributed by atoms with Gasteiger partial charge in [0.1, 0.15) is 0 Å². The quantitative estimate of drug-likeness (QED) is 0.608. The van der Waals surface area contributed by atoms with Crippen LogP contribution in [0.25, 0.3) is 0 Å². The van der Waals surface area contributed by atoms with E-state index >= 15 is 0 Å². The summed E-state index contributed by atoms with van der Waals surface area (Å²) in [5, 5.41) is 5.95. The van der Waals surface area contributed by atoms with E-state index in [-0.39, 0.29) is 11.8 Å². The molecular formula is C23H33N5O3. The fourth-order valence-electron chi connectivity index (χ4n) is 3.77. The van der Waals surface area contributed by atoms with Crippen molar-refractivity contribution in [1.82, 2.24) is 19.8 Å². The second-order valence-corrected chi connectivity index (χ2v) is 8.32. The lowest BCUT2D eigenvalue weighted by Gasteiger charge is -2.35. The van der Waals surface area contributed by atoms with Crippen LogP contribution in [0.15, 0.2) is 43.0 Å². The molecule has 168 valence electrons. The maximum absolute atomic E-state index is 12.8. The molecule has 1 aromatic heterocycles. The van der Waals surface area contributed by atoms with Gasteiger partial charge >= 0.3 is 0 Å². The second kappa shape index (κ2) is 11.6. The van der Waals surface area contributed by atoms with Crippen LogP contribution in [-0.2, 0) is 16.1 Å². The maximum Gasteiger partial charge on any atom is 0.251 e. The third-order valence-electron chi connectivity index (χ3n) is 5.37. The van der Waals surface area contributed by atoms with Crippen LogP contribution in [0.1, 0.15) is 37.0 Å². The van der Waals surface area contributed by atoms with E-state index in [9.17, 15) is 9.59 Å². The summed E-state index contributed by atoms with van der Waals surface area (Å²) in [6, 6.07) is 7.35. The first-order chi connectivity index (χ1) is 15.0. The summed E-state index contributed by atoms with van der Waals surface area (Å²) in [6.45, 7) is 8.84. The van der Waals surface area contributed by atoms with Gasteiger partial charge in [-0.05, 0) is 30.5 Å². The van der Waals surface area contributed by atoms with Gasteiger partial charge in [-0.2, -0.15) is 0 Å². The van der Waals surface area contributed by atoms with Gasteiger partial charge in [0.05, 0.1) is 19.5 Å². The van der Waals surface area contributed by atoms with Crippen molar-refractivity contribution in [2.45, 2.75) is 39.3 Å². The standard InChI is InChI=1S/C23H33N5O3/c1-18(2)14-21(28-10-12-31-13-11-28)16-25-23(30)19-4-3-5-20(15-19)26-22(29)6-8-27-9-7-24-17-27/h3-5,7,9,15,17-18,21H,6,8,10-14,16H2,1-2H3,(H,25,30)(H,26,29). The molecule has 2 amide bonds. The molecule has 3 rings (SSSR count). The number of nitrogens with zero attached hydrogens (tertiary/aromatic N) is 3. The zero-order chi connectivity index (χ0) is 22.1. The summed E-state index contributed by atoms with van der Waals surface area (Å²) in [6.07, 6.45) is 6.55. The largest absolute Gasteiger partial charge is 0.379 e. The van der Waals surface area contributed by atoms with Crippen molar-refractivity contribution < 1.29 is 14.3 Å². The number of benzene rings is 1. The van der Waals surface area contributed by atoms with Gasteiger partial charge in [-0.15, -0.1) is 0 Å². The molecular weight excluding hydrogens is 394 g/mol. The number of aryl methyl sites for hydroxylation is 1. The smallest absolute Gasteiger partial charge is 0.251 e. The number of carbonyl (C=O) groups excluding carboxylic acids is 2. The highest BCUT2D eigenvalue weighted by Gasteiger charge is 2.22. The normalized spacial score (nSPS) is 15.6. The molecule has 1 unspecified atom stereocenters. The third-order valence-corrected chi connectivity index (χ3v) is 5.37. The van der Waals surface area contributed by atoms with Crippen LogP contribution in [0.2, 0.25) is 0 Å². The molecule has 1 atom stereocenters. The number of amides is 2. The molecule has 0 bridgehead atoms. The number of rotatable bonds is 10. The zero-order valence-electron chi connectivity index (χ0n) is 18.4. The van der Waals surface area contributed by atoms with E-state index in [0.29, 0.717) is 42.7 Å². The highest BCUT2D eigenvalue weighted by Crippen LogP contribution is 2.14. The highest BCUT2D eigenvalue weighted by molar-refractivity contribution is 5.97. The van der Waals surface area contributed by atoms with Gasteiger partial charge in [0.2, 0.25) is 5.91 Å². The predicted molar refractivity (Wildman–Crippen MR) is 120 cm³/mol. The number of imidazole rings is 1. The fraction of sp³-hybridized carbons (Fsp3) is 0.522. The summed E-state index contributed by atoms with van der Waals surface area (Å²) >= 11 is 0. The monoisotopic (exact) mass is 427 g/mol. The van der Waals surface area contributed by atoms with Gasteiger partial charge in [0, 0.05) is 62.3 Å². The molecule has 1 aliphatic heterocycles. The van der Waals surface area contributed by atoms with E-state index in [1.54, 1.807) is 36.8 Å². The maximum atomic E-state index is 12.8. The topological polar surface area (TPSA) is 88.5 Å². The van der Waals surface area contributed by atoms with E-state index in [4.69, 9.17) is 4.74 Å². The molecule has 0 radical (unpaired) electrons. The lowest BCUT2D eigenvalue weighted by molar-refractivity contribution is -0.116. The first kappa shape index (κ1) is 23.0. The van der Waals surface area contributed by atoms with E-state index in [1.165, 1.54) is 0 Å². The molecule has 0 spiro atoms. The minimum Gasteiger partial charge on any atom is -0.379 e. The Bertz CT molecular complexity index is 831. The molecule has 1 fully saturated rings. The Labute approximate surface area is 184 Å². The first-order valence-corrected chi connectivity index (χ1v) is 11.0. The zero-order valence-corrected chi connectivity index (χ0v) is 18.4. The average Bonchev–Trinajstić information content (AvgIpc) is 3.29. The second-order valence-electron chi connectivity index (χ2n) is 8.32. The van der Waals surface area contributed by atoms with E-state index < -0.39 is 0 Å². The molecule has 8 nitrogen and oxygen atoms in total. The Balaban J connectivity index is 1.52. The first-order valence-electron chi connectivity index (χ1n) is 11.0. The Morgan fingerprint density at radius 2 is 2.03 bits per heavy atom. The summed E-state index contributed by atoms with van der Waals surface area (Å²) in [5.74, 6) is 0.317. The molecule has 31 heavy (non-hydrogen) atoms. The number of nitrogens with one attached hydrogen (secondary N) is 2. The SMILES string of the molecule is CC(C)CC(CNC(=O)c1cccc(NC(=O)CCn2ccnc2)c1)N1CCOCC1. The fourth-order valence-corrected chi connectivity index (χ4v) is 3.77. The molecule has 2 heterocycles. The Kier molecular flexibility index (Phi) is 8.61. The molecule has 0 aliphatic carbocycles. The molecule has 1 saturated heterocycles. The average molecular weight is 428 g/mol. The number of ether oxygens (including phenoxy) is 1.